The lowest BCUT2D eigenvalue weighted by Gasteiger charge is -2.10. The molecule has 0 N–H and O–H groups in total. The first-order valence-corrected chi connectivity index (χ1v) is 15.4. The van der Waals surface area contributed by atoms with Crippen LogP contribution < -0.4 is 0 Å². The second-order valence-corrected chi connectivity index (χ2v) is 11.2. The van der Waals surface area contributed by atoms with Crippen LogP contribution in [0.5, 0.6) is 0 Å². The van der Waals surface area contributed by atoms with Crippen LogP contribution in [0.15, 0.2) is 172 Å². The lowest BCUT2D eigenvalue weighted by atomic mass is 9.96. The van der Waals surface area contributed by atoms with Gasteiger partial charge in [0.2, 0.25) is 0 Å². The lowest BCUT2D eigenvalue weighted by molar-refractivity contribution is 0.668. The van der Waals surface area contributed by atoms with Gasteiger partial charge in [0.25, 0.3) is 0 Å². The number of hydrogen-bond donors (Lipinski definition) is 0. The number of fused-ring (bicyclic) bond motifs is 6. The molecule has 0 fully saturated rings. The van der Waals surface area contributed by atoms with Crippen molar-refractivity contribution in [1.82, 2.24) is 15.0 Å². The van der Waals surface area contributed by atoms with E-state index >= 15 is 0 Å². The lowest BCUT2D eigenvalue weighted by Crippen LogP contribution is -2.00. The standard InChI is InChI=1S/C45H27N3O2/c1-2-10-30(11-3-1)43-46-44(48-45(47-43)33-24-25-36-35-14-4-6-17-38(35)50-41(36)27-33)32-13-8-12-31(26-32)28-20-22-29(23-21-28)34-16-9-19-40-42(34)37-15-5-7-18-39(37)49-40/h1-27H/i5D,7D,8D,9D,12D,13D,15D,16D,18D,19D,20D,21D,22D,23D,26D. The zero-order valence-electron chi connectivity index (χ0n) is 40.6. The molecule has 234 valence electrons. The Hall–Kier alpha value is -6.85. The summed E-state index contributed by atoms with van der Waals surface area (Å²) in [6, 6.07) is 10.8. The van der Waals surface area contributed by atoms with Crippen LogP contribution in [-0.2, 0) is 0 Å². The van der Waals surface area contributed by atoms with E-state index in [1.165, 1.54) is 0 Å². The minimum atomic E-state index is -0.838. The highest BCUT2D eigenvalue weighted by molar-refractivity contribution is 6.12. The Kier molecular flexibility index (Phi) is 3.87. The van der Waals surface area contributed by atoms with Crippen molar-refractivity contribution in [3.05, 3.63) is 163 Å². The number of hydrogen-bond acceptors (Lipinski definition) is 5. The highest BCUT2D eigenvalue weighted by Gasteiger charge is 2.16. The van der Waals surface area contributed by atoms with Crippen molar-refractivity contribution in [2.75, 3.05) is 0 Å². The quantitative estimate of drug-likeness (QED) is 0.184. The van der Waals surface area contributed by atoms with Gasteiger partial charge in [0.15, 0.2) is 17.5 Å². The molecule has 0 spiro atoms. The first-order chi connectivity index (χ1) is 31.0. The van der Waals surface area contributed by atoms with E-state index < -0.39 is 124 Å². The van der Waals surface area contributed by atoms with Gasteiger partial charge in [-0.25, -0.2) is 15.0 Å². The molecule has 10 aromatic rings. The number of benzene rings is 7. The van der Waals surface area contributed by atoms with E-state index in [9.17, 15) is 6.85 Å². The van der Waals surface area contributed by atoms with Gasteiger partial charge in [-0.05, 0) is 58.6 Å². The largest absolute Gasteiger partial charge is 0.456 e. The van der Waals surface area contributed by atoms with Gasteiger partial charge in [-0.3, -0.25) is 0 Å². The third kappa shape index (κ3) is 4.75. The van der Waals surface area contributed by atoms with Gasteiger partial charge in [0, 0.05) is 38.2 Å². The number of furan rings is 2. The summed E-state index contributed by atoms with van der Waals surface area (Å²) in [6.45, 7) is 0. The van der Waals surface area contributed by atoms with Crippen molar-refractivity contribution in [3.63, 3.8) is 0 Å². The first kappa shape index (κ1) is 17.0. The molecule has 0 bridgehead atoms. The van der Waals surface area contributed by atoms with Crippen LogP contribution in [-0.4, -0.2) is 15.0 Å². The van der Waals surface area contributed by atoms with Gasteiger partial charge >= 0.3 is 0 Å². The molecule has 0 aliphatic rings. The molecule has 5 heteroatoms. The molecule has 10 rings (SSSR count). The summed E-state index contributed by atoms with van der Waals surface area (Å²) in [5.41, 5.74) is -1.22. The summed E-state index contributed by atoms with van der Waals surface area (Å²) in [6.07, 6.45) is 0. The Labute approximate surface area is 308 Å². The van der Waals surface area contributed by atoms with E-state index in [-0.39, 0.29) is 33.8 Å². The van der Waals surface area contributed by atoms with Crippen LogP contribution in [0.1, 0.15) is 20.6 Å². The first-order valence-electron chi connectivity index (χ1n) is 22.9. The zero-order chi connectivity index (χ0) is 46.1. The Balaban J connectivity index is 1.22. The van der Waals surface area contributed by atoms with E-state index in [0.717, 1.165) is 10.8 Å². The maximum atomic E-state index is 9.53. The van der Waals surface area contributed by atoms with Crippen molar-refractivity contribution in [3.8, 4) is 56.4 Å². The van der Waals surface area contributed by atoms with Crippen LogP contribution in [0.3, 0.4) is 0 Å². The highest BCUT2D eigenvalue weighted by atomic mass is 16.3. The SMILES string of the molecule is [2H]c1c([2H])c(-c2nc(-c3ccccc3)nc(-c3ccc4c(c3)oc3ccccc34)n2)c([2H])c(-c2c([2H])c([2H])c(-c3c([2H])c([2H])c([2H])c4oc5c([2H])c([2H])c([2H])c([2H])c5c34)c([2H])c2[2H])c1[2H]. The minimum Gasteiger partial charge on any atom is -0.456 e. The molecule has 0 aliphatic heterocycles. The molecule has 50 heavy (non-hydrogen) atoms. The molecule has 0 aliphatic carbocycles. The van der Waals surface area contributed by atoms with Crippen LogP contribution in [0.2, 0.25) is 0 Å². The van der Waals surface area contributed by atoms with E-state index in [1.807, 2.05) is 30.3 Å². The number of para-hydroxylation sites is 2. The molecule has 3 aromatic heterocycles. The number of nitrogens with zero attached hydrogens (tertiary/aromatic N) is 3. The normalized spacial score (nSPS) is 15.8. The molecule has 0 saturated heterocycles. The smallest absolute Gasteiger partial charge is 0.164 e. The van der Waals surface area contributed by atoms with Gasteiger partial charge in [0.05, 0.1) is 20.6 Å². The predicted octanol–water partition coefficient (Wildman–Crippen LogP) is 12.0. The van der Waals surface area contributed by atoms with Crippen molar-refractivity contribution < 1.29 is 29.4 Å². The molecule has 0 radical (unpaired) electrons. The van der Waals surface area contributed by atoms with Gasteiger partial charge in [-0.15, -0.1) is 0 Å². The maximum absolute atomic E-state index is 9.53. The van der Waals surface area contributed by atoms with Crippen molar-refractivity contribution in [1.29, 1.82) is 0 Å². The second kappa shape index (κ2) is 11.4. The van der Waals surface area contributed by atoms with Crippen LogP contribution >= 0.6 is 0 Å². The molecule has 0 saturated carbocycles. The topological polar surface area (TPSA) is 65.0 Å². The van der Waals surface area contributed by atoms with Crippen molar-refractivity contribution in [2.24, 2.45) is 0 Å². The molecule has 3 heterocycles. The molecule has 5 nitrogen and oxygen atoms in total. The highest BCUT2D eigenvalue weighted by Crippen LogP contribution is 2.38. The molecule has 0 amide bonds. The summed E-state index contributed by atoms with van der Waals surface area (Å²) < 4.78 is 145. The van der Waals surface area contributed by atoms with Gasteiger partial charge < -0.3 is 8.83 Å². The third-order valence-corrected chi connectivity index (χ3v) is 8.23. The Bertz CT molecular complexity index is 3710. The summed E-state index contributed by atoms with van der Waals surface area (Å²) >= 11 is 0. The second-order valence-electron chi connectivity index (χ2n) is 11.2. The molecule has 7 aromatic carbocycles. The summed E-state index contributed by atoms with van der Waals surface area (Å²) in [4.78, 5) is 14.1. The fourth-order valence-corrected chi connectivity index (χ4v) is 5.89. The molecule has 0 atom stereocenters. The average molecular weight is 657 g/mol. The van der Waals surface area contributed by atoms with Gasteiger partial charge in [-0.2, -0.15) is 0 Å². The summed E-state index contributed by atoms with van der Waals surface area (Å²) in [5, 5.41) is 1.13. The maximum Gasteiger partial charge on any atom is 0.164 e. The number of aromatic nitrogens is 3. The Morgan fingerprint density at radius 3 is 1.94 bits per heavy atom. The van der Waals surface area contributed by atoms with E-state index in [1.54, 1.807) is 42.5 Å². The van der Waals surface area contributed by atoms with E-state index in [0.29, 0.717) is 22.3 Å². The van der Waals surface area contributed by atoms with Gasteiger partial charge in [0.1, 0.15) is 22.3 Å². The van der Waals surface area contributed by atoms with Crippen molar-refractivity contribution in [2.45, 2.75) is 0 Å². The predicted molar refractivity (Wildman–Crippen MR) is 202 cm³/mol. The third-order valence-electron chi connectivity index (χ3n) is 8.23. The van der Waals surface area contributed by atoms with Crippen molar-refractivity contribution >= 4 is 43.9 Å². The van der Waals surface area contributed by atoms with E-state index in [4.69, 9.17) is 27.5 Å². The van der Waals surface area contributed by atoms with Crippen LogP contribution in [0.25, 0.3) is 100 Å². The van der Waals surface area contributed by atoms with Crippen LogP contribution in [0.4, 0.5) is 0 Å². The fraction of sp³-hybridized carbons (Fsp3) is 0. The molecular formula is C45H27N3O2. The Morgan fingerprint density at radius 1 is 0.400 bits per heavy atom. The average Bonchev–Trinajstić information content (AvgIpc) is 3.90. The fourth-order valence-electron chi connectivity index (χ4n) is 5.89. The summed E-state index contributed by atoms with van der Waals surface area (Å²) in [5.74, 6) is -0.0214. The number of rotatable bonds is 5. The van der Waals surface area contributed by atoms with Crippen LogP contribution in [0, 0.1) is 0 Å². The summed E-state index contributed by atoms with van der Waals surface area (Å²) in [7, 11) is 0. The molecule has 0 unspecified atom stereocenters. The zero-order valence-corrected chi connectivity index (χ0v) is 25.6. The Morgan fingerprint density at radius 2 is 1.06 bits per heavy atom. The van der Waals surface area contributed by atoms with E-state index in [2.05, 4.69) is 9.97 Å². The van der Waals surface area contributed by atoms with Gasteiger partial charge in [-0.1, -0.05) is 127 Å². The molecular weight excluding hydrogens is 615 g/mol. The monoisotopic (exact) mass is 656 g/mol. The minimum absolute atomic E-state index is 0.105.